The molecule has 116 valence electrons. The first-order chi connectivity index (χ1) is 10.2. The second kappa shape index (κ2) is 8.17. The second-order valence-corrected chi connectivity index (χ2v) is 6.60. The number of aliphatic imine (C=N–C) groups is 1. The van der Waals surface area contributed by atoms with Crippen molar-refractivity contribution in [2.75, 3.05) is 25.4 Å². The summed E-state index contributed by atoms with van der Waals surface area (Å²) >= 11 is 2.06. The molecule has 1 aliphatic rings. The van der Waals surface area contributed by atoms with Gasteiger partial charge in [-0.05, 0) is 31.0 Å². The van der Waals surface area contributed by atoms with E-state index in [1.54, 1.807) is 12.1 Å². The van der Waals surface area contributed by atoms with Crippen molar-refractivity contribution in [3.8, 4) is 5.75 Å². The Hall–Kier alpha value is -1.36. The van der Waals surface area contributed by atoms with E-state index in [4.69, 9.17) is 4.99 Å². The van der Waals surface area contributed by atoms with Crippen molar-refractivity contribution in [1.82, 2.24) is 10.2 Å². The lowest BCUT2D eigenvalue weighted by molar-refractivity contribution is 0.408. The minimum absolute atomic E-state index is 0.299. The number of hydrogen-bond acceptors (Lipinski definition) is 3. The first-order valence-electron chi connectivity index (χ1n) is 7.65. The van der Waals surface area contributed by atoms with Gasteiger partial charge in [0, 0.05) is 30.6 Å². The third-order valence-electron chi connectivity index (χ3n) is 3.55. The van der Waals surface area contributed by atoms with Crippen LogP contribution in [0.15, 0.2) is 29.3 Å². The molecule has 1 heterocycles. The zero-order valence-corrected chi connectivity index (χ0v) is 13.7. The maximum Gasteiger partial charge on any atom is 0.194 e. The summed E-state index contributed by atoms with van der Waals surface area (Å²) in [5.41, 5.74) is 1.03. The fourth-order valence-electron chi connectivity index (χ4n) is 2.41. The molecule has 5 heteroatoms. The molecule has 1 aromatic rings. The molecule has 2 rings (SSSR count). The molecule has 4 nitrogen and oxygen atoms in total. The Bertz CT molecular complexity index is 478. The van der Waals surface area contributed by atoms with Crippen LogP contribution in [0, 0.1) is 0 Å². The summed E-state index contributed by atoms with van der Waals surface area (Å²) in [6.07, 6.45) is 1.20. The number of phenolic OH excluding ortho intramolecular Hbond substituents is 1. The van der Waals surface area contributed by atoms with Crippen LogP contribution in [-0.2, 0) is 6.54 Å². The number of phenols is 1. The fourth-order valence-corrected chi connectivity index (χ4v) is 3.59. The van der Waals surface area contributed by atoms with Gasteiger partial charge in [0.2, 0.25) is 0 Å². The van der Waals surface area contributed by atoms with E-state index in [0.717, 1.165) is 36.9 Å². The molecule has 2 N–H and O–H groups in total. The van der Waals surface area contributed by atoms with E-state index in [1.165, 1.54) is 6.42 Å². The molecule has 0 saturated carbocycles. The standard InChI is InChI=1S/C16H25N3OS/c1-3-15-12-19(8-9-21-15)16(17-4-2)18-11-13-6-5-7-14(20)10-13/h5-7,10,15,20H,3-4,8-9,11-12H2,1-2H3,(H,17,18). The van der Waals surface area contributed by atoms with Gasteiger partial charge >= 0.3 is 0 Å². The second-order valence-electron chi connectivity index (χ2n) is 5.19. The van der Waals surface area contributed by atoms with Crippen LogP contribution in [0.5, 0.6) is 5.75 Å². The number of benzene rings is 1. The lowest BCUT2D eigenvalue weighted by Crippen LogP contribution is -2.48. The van der Waals surface area contributed by atoms with E-state index in [0.29, 0.717) is 17.5 Å². The number of nitrogens with zero attached hydrogens (tertiary/aromatic N) is 2. The van der Waals surface area contributed by atoms with Gasteiger partial charge in [0.25, 0.3) is 0 Å². The van der Waals surface area contributed by atoms with Crippen molar-refractivity contribution < 1.29 is 5.11 Å². The SMILES string of the molecule is CCNC(=NCc1cccc(O)c1)N1CCSC(CC)C1. The molecule has 0 aromatic heterocycles. The van der Waals surface area contributed by atoms with Gasteiger partial charge in [0.1, 0.15) is 5.75 Å². The normalized spacial score (nSPS) is 19.6. The van der Waals surface area contributed by atoms with Crippen molar-refractivity contribution in [3.63, 3.8) is 0 Å². The monoisotopic (exact) mass is 307 g/mol. The molecule has 0 spiro atoms. The summed E-state index contributed by atoms with van der Waals surface area (Å²) in [7, 11) is 0. The van der Waals surface area contributed by atoms with Crippen LogP contribution >= 0.6 is 11.8 Å². The quantitative estimate of drug-likeness (QED) is 0.663. The highest BCUT2D eigenvalue weighted by molar-refractivity contribution is 8.00. The number of rotatable bonds is 4. The minimum atomic E-state index is 0.299. The Morgan fingerprint density at radius 1 is 1.48 bits per heavy atom. The third-order valence-corrected chi connectivity index (χ3v) is 4.92. The summed E-state index contributed by atoms with van der Waals surface area (Å²) in [4.78, 5) is 7.09. The Morgan fingerprint density at radius 2 is 2.33 bits per heavy atom. The third kappa shape index (κ3) is 4.84. The number of nitrogens with one attached hydrogen (secondary N) is 1. The maximum absolute atomic E-state index is 9.52. The predicted octanol–water partition coefficient (Wildman–Crippen LogP) is 2.69. The van der Waals surface area contributed by atoms with Crippen LogP contribution in [-0.4, -0.2) is 46.6 Å². The van der Waals surface area contributed by atoms with Crippen LogP contribution in [0.4, 0.5) is 0 Å². The first-order valence-corrected chi connectivity index (χ1v) is 8.70. The lowest BCUT2D eigenvalue weighted by atomic mass is 10.2. The zero-order chi connectivity index (χ0) is 15.1. The first kappa shape index (κ1) is 16.0. The average Bonchev–Trinajstić information content (AvgIpc) is 2.51. The summed E-state index contributed by atoms with van der Waals surface area (Å²) in [6, 6.07) is 7.31. The van der Waals surface area contributed by atoms with Crippen molar-refractivity contribution in [2.24, 2.45) is 4.99 Å². The molecular weight excluding hydrogens is 282 g/mol. The smallest absolute Gasteiger partial charge is 0.194 e. The minimum Gasteiger partial charge on any atom is -0.508 e. The molecule has 0 bridgehead atoms. The molecule has 1 atom stereocenters. The van der Waals surface area contributed by atoms with Gasteiger partial charge < -0.3 is 15.3 Å². The molecule has 0 amide bonds. The van der Waals surface area contributed by atoms with Crippen LogP contribution in [0.2, 0.25) is 0 Å². The van der Waals surface area contributed by atoms with E-state index in [9.17, 15) is 5.11 Å². The van der Waals surface area contributed by atoms with Gasteiger partial charge in [-0.2, -0.15) is 11.8 Å². The lowest BCUT2D eigenvalue weighted by Gasteiger charge is -2.34. The molecule has 1 aromatic carbocycles. The summed E-state index contributed by atoms with van der Waals surface area (Å²) < 4.78 is 0. The molecule has 1 aliphatic heterocycles. The highest BCUT2D eigenvalue weighted by atomic mass is 32.2. The molecular formula is C16H25N3OS. The number of aromatic hydroxyl groups is 1. The van der Waals surface area contributed by atoms with E-state index in [-0.39, 0.29) is 0 Å². The highest BCUT2D eigenvalue weighted by Crippen LogP contribution is 2.21. The zero-order valence-electron chi connectivity index (χ0n) is 12.9. The Morgan fingerprint density at radius 3 is 3.05 bits per heavy atom. The average molecular weight is 307 g/mol. The van der Waals surface area contributed by atoms with Gasteiger partial charge in [-0.25, -0.2) is 4.99 Å². The van der Waals surface area contributed by atoms with E-state index in [2.05, 4.69) is 35.8 Å². The van der Waals surface area contributed by atoms with Gasteiger partial charge in [0.15, 0.2) is 5.96 Å². The van der Waals surface area contributed by atoms with Gasteiger partial charge in [0.05, 0.1) is 6.54 Å². The van der Waals surface area contributed by atoms with E-state index in [1.807, 2.05) is 12.1 Å². The van der Waals surface area contributed by atoms with Crippen molar-refractivity contribution in [3.05, 3.63) is 29.8 Å². The van der Waals surface area contributed by atoms with Gasteiger partial charge in [-0.1, -0.05) is 19.1 Å². The molecule has 1 unspecified atom stereocenters. The largest absolute Gasteiger partial charge is 0.508 e. The molecule has 1 fully saturated rings. The van der Waals surface area contributed by atoms with Crippen LogP contribution in [0.25, 0.3) is 0 Å². The summed E-state index contributed by atoms with van der Waals surface area (Å²) in [6.45, 7) is 7.92. The number of thioether (sulfide) groups is 1. The Balaban J connectivity index is 2.04. The van der Waals surface area contributed by atoms with Crippen molar-refractivity contribution in [2.45, 2.75) is 32.1 Å². The maximum atomic E-state index is 9.52. The molecule has 0 radical (unpaired) electrons. The van der Waals surface area contributed by atoms with Crippen molar-refractivity contribution >= 4 is 17.7 Å². The molecule has 0 aliphatic carbocycles. The van der Waals surface area contributed by atoms with Gasteiger partial charge in [-0.15, -0.1) is 0 Å². The van der Waals surface area contributed by atoms with Crippen molar-refractivity contribution in [1.29, 1.82) is 0 Å². The van der Waals surface area contributed by atoms with Crippen LogP contribution in [0.1, 0.15) is 25.8 Å². The van der Waals surface area contributed by atoms with Crippen LogP contribution < -0.4 is 5.32 Å². The van der Waals surface area contributed by atoms with E-state index < -0.39 is 0 Å². The Labute approximate surface area is 131 Å². The summed E-state index contributed by atoms with van der Waals surface area (Å²) in [5.74, 6) is 2.45. The molecule has 1 saturated heterocycles. The molecule has 21 heavy (non-hydrogen) atoms. The summed E-state index contributed by atoms with van der Waals surface area (Å²) in [5, 5.41) is 13.6. The predicted molar refractivity (Wildman–Crippen MR) is 91.0 cm³/mol. The van der Waals surface area contributed by atoms with Gasteiger partial charge in [-0.3, -0.25) is 0 Å². The fraction of sp³-hybridized carbons (Fsp3) is 0.562. The number of guanidine groups is 1. The Kier molecular flexibility index (Phi) is 6.23. The topological polar surface area (TPSA) is 47.9 Å². The highest BCUT2D eigenvalue weighted by Gasteiger charge is 2.21. The number of hydrogen-bond donors (Lipinski definition) is 2. The van der Waals surface area contributed by atoms with E-state index >= 15 is 0 Å². The van der Waals surface area contributed by atoms with Crippen LogP contribution in [0.3, 0.4) is 0 Å².